The number of amides is 2. The van der Waals surface area contributed by atoms with Crippen LogP contribution in [0.5, 0.6) is 11.5 Å². The van der Waals surface area contributed by atoms with E-state index in [1.165, 1.54) is 0 Å². The molecule has 2 fully saturated rings. The molecule has 2 amide bonds. The quantitative estimate of drug-likeness (QED) is 0.432. The number of likely N-dealkylation sites (N-methyl/N-ethyl adjacent to an activating group) is 1. The van der Waals surface area contributed by atoms with Crippen molar-refractivity contribution in [1.82, 2.24) is 9.80 Å². The third-order valence-corrected chi connectivity index (χ3v) is 7.04. The zero-order valence-electron chi connectivity index (χ0n) is 21.8. The summed E-state index contributed by atoms with van der Waals surface area (Å²) in [5.41, 5.74) is 1.95. The molecule has 8 heteroatoms. The number of carbonyl (C=O) groups excluding carboxylic acids is 1. The first-order valence-corrected chi connectivity index (χ1v) is 13.1. The molecule has 2 aliphatic heterocycles. The molecule has 7 nitrogen and oxygen atoms in total. The van der Waals surface area contributed by atoms with Crippen molar-refractivity contribution in [3.05, 3.63) is 47.8 Å². The molecule has 0 spiro atoms. The van der Waals surface area contributed by atoms with Crippen LogP contribution < -0.4 is 19.3 Å². The highest BCUT2D eigenvalue weighted by Gasteiger charge is 2.29. The Labute approximate surface area is 214 Å². The Morgan fingerprint density at radius 2 is 1.78 bits per heavy atom. The van der Waals surface area contributed by atoms with Crippen molar-refractivity contribution >= 4 is 17.4 Å². The van der Waals surface area contributed by atoms with E-state index in [1.807, 2.05) is 30.3 Å². The minimum atomic E-state index is -0.223. The standard InChI is InChI=1S/C28H39FN4O3/c1-4-5-6-19-36-26-20-23(11-12-25(26)35-3)33-14-8-13-32(28(33)34)21-22-9-7-10-24(27(22)29)31-17-15-30(2)16-18-31/h7,9-12,20H,4-6,8,13-19,21H2,1-3H3. The van der Waals surface area contributed by atoms with Gasteiger partial charge in [-0.3, -0.25) is 4.90 Å². The van der Waals surface area contributed by atoms with Crippen LogP contribution in [-0.4, -0.2) is 75.9 Å². The molecule has 2 aromatic rings. The lowest BCUT2D eigenvalue weighted by molar-refractivity contribution is 0.191. The van der Waals surface area contributed by atoms with E-state index in [9.17, 15) is 4.79 Å². The fraction of sp³-hybridized carbons (Fsp3) is 0.536. The van der Waals surface area contributed by atoms with Crippen molar-refractivity contribution in [3.63, 3.8) is 0 Å². The van der Waals surface area contributed by atoms with Gasteiger partial charge in [-0.25, -0.2) is 9.18 Å². The fourth-order valence-electron chi connectivity index (χ4n) is 4.83. The Bertz CT molecular complexity index is 1030. The molecule has 0 saturated carbocycles. The van der Waals surface area contributed by atoms with Gasteiger partial charge >= 0.3 is 6.03 Å². The Morgan fingerprint density at radius 1 is 0.972 bits per heavy atom. The maximum Gasteiger partial charge on any atom is 0.324 e. The van der Waals surface area contributed by atoms with Crippen LogP contribution in [0.4, 0.5) is 20.6 Å². The second-order valence-corrected chi connectivity index (χ2v) is 9.64. The molecule has 0 atom stereocenters. The van der Waals surface area contributed by atoms with Crippen molar-refractivity contribution < 1.29 is 18.7 Å². The number of anilines is 2. The number of ether oxygens (including phenoxy) is 2. The largest absolute Gasteiger partial charge is 0.493 e. The van der Waals surface area contributed by atoms with Crippen LogP contribution in [0.1, 0.15) is 38.2 Å². The third kappa shape index (κ3) is 6.03. The summed E-state index contributed by atoms with van der Waals surface area (Å²) in [6, 6.07) is 11.0. The first-order valence-electron chi connectivity index (χ1n) is 13.1. The monoisotopic (exact) mass is 498 g/mol. The van der Waals surface area contributed by atoms with Crippen molar-refractivity contribution in [2.75, 3.05) is 69.8 Å². The lowest BCUT2D eigenvalue weighted by Gasteiger charge is -2.37. The van der Waals surface area contributed by atoms with Crippen molar-refractivity contribution in [3.8, 4) is 11.5 Å². The lowest BCUT2D eigenvalue weighted by Crippen LogP contribution is -2.49. The van der Waals surface area contributed by atoms with E-state index in [2.05, 4.69) is 23.8 Å². The minimum Gasteiger partial charge on any atom is -0.493 e. The highest BCUT2D eigenvalue weighted by Crippen LogP contribution is 2.34. The molecule has 0 N–H and O–H groups in total. The Kier molecular flexibility index (Phi) is 8.91. The first kappa shape index (κ1) is 26.1. The van der Waals surface area contributed by atoms with Crippen LogP contribution in [0.25, 0.3) is 0 Å². The lowest BCUT2D eigenvalue weighted by atomic mass is 10.1. The van der Waals surface area contributed by atoms with E-state index in [0.717, 1.165) is 57.5 Å². The van der Waals surface area contributed by atoms with Gasteiger partial charge in [0.1, 0.15) is 0 Å². The van der Waals surface area contributed by atoms with Gasteiger partial charge < -0.3 is 24.2 Å². The molecular weight excluding hydrogens is 459 g/mol. The molecule has 196 valence electrons. The fourth-order valence-corrected chi connectivity index (χ4v) is 4.83. The van der Waals surface area contributed by atoms with Gasteiger partial charge in [0.05, 0.1) is 25.9 Å². The topological polar surface area (TPSA) is 48.5 Å². The molecule has 0 aromatic heterocycles. The van der Waals surface area contributed by atoms with Crippen LogP contribution in [0.15, 0.2) is 36.4 Å². The summed E-state index contributed by atoms with van der Waals surface area (Å²) >= 11 is 0. The zero-order valence-corrected chi connectivity index (χ0v) is 21.8. The normalized spacial score (nSPS) is 17.0. The average Bonchev–Trinajstić information content (AvgIpc) is 2.89. The van der Waals surface area contributed by atoms with Crippen molar-refractivity contribution in [2.45, 2.75) is 39.2 Å². The highest BCUT2D eigenvalue weighted by molar-refractivity contribution is 5.93. The summed E-state index contributed by atoms with van der Waals surface area (Å²) in [5, 5.41) is 0. The first-order chi connectivity index (χ1) is 17.5. The molecule has 0 unspecified atom stereocenters. The number of hydrogen-bond acceptors (Lipinski definition) is 5. The summed E-state index contributed by atoms with van der Waals surface area (Å²) in [6.07, 6.45) is 4.01. The van der Waals surface area contributed by atoms with Gasteiger partial charge in [0.25, 0.3) is 0 Å². The number of nitrogens with zero attached hydrogens (tertiary/aromatic N) is 4. The number of rotatable bonds is 10. The number of halogens is 1. The van der Waals surface area contributed by atoms with Crippen molar-refractivity contribution in [2.24, 2.45) is 0 Å². The maximum absolute atomic E-state index is 15.5. The van der Waals surface area contributed by atoms with Crippen LogP contribution in [0.2, 0.25) is 0 Å². The van der Waals surface area contributed by atoms with Crippen LogP contribution in [0.3, 0.4) is 0 Å². The average molecular weight is 499 g/mol. The highest BCUT2D eigenvalue weighted by atomic mass is 19.1. The summed E-state index contributed by atoms with van der Waals surface area (Å²) in [7, 11) is 3.70. The molecule has 0 aliphatic carbocycles. The Morgan fingerprint density at radius 3 is 2.53 bits per heavy atom. The second-order valence-electron chi connectivity index (χ2n) is 9.64. The number of urea groups is 1. The maximum atomic E-state index is 15.5. The van der Waals surface area contributed by atoms with Crippen LogP contribution in [0, 0.1) is 5.82 Å². The van der Waals surface area contributed by atoms with Gasteiger partial charge in [-0.2, -0.15) is 0 Å². The van der Waals surface area contributed by atoms with E-state index >= 15 is 4.39 Å². The minimum absolute atomic E-state index is 0.118. The number of hydrogen-bond donors (Lipinski definition) is 0. The number of unbranched alkanes of at least 4 members (excludes halogenated alkanes) is 2. The van der Waals surface area contributed by atoms with E-state index in [1.54, 1.807) is 23.0 Å². The smallest absolute Gasteiger partial charge is 0.324 e. The van der Waals surface area contributed by atoms with Gasteiger partial charge in [-0.15, -0.1) is 0 Å². The molecular formula is C28H39FN4O3. The molecule has 2 aliphatic rings. The van der Waals surface area contributed by atoms with Gasteiger partial charge in [0.2, 0.25) is 0 Å². The van der Waals surface area contributed by atoms with Crippen LogP contribution in [-0.2, 0) is 6.54 Å². The Hall–Kier alpha value is -3.00. The molecule has 2 heterocycles. The molecule has 0 bridgehead atoms. The summed E-state index contributed by atoms with van der Waals surface area (Å²) < 4.78 is 27.0. The van der Waals surface area contributed by atoms with Gasteiger partial charge in [-0.05, 0) is 38.1 Å². The predicted octanol–water partition coefficient (Wildman–Crippen LogP) is 4.99. The number of piperazine rings is 1. The molecule has 0 radical (unpaired) electrons. The van der Waals surface area contributed by atoms with Gasteiger partial charge in [0, 0.05) is 56.6 Å². The van der Waals surface area contributed by atoms with E-state index in [4.69, 9.17) is 9.47 Å². The number of benzene rings is 2. The molecule has 2 saturated heterocycles. The Balaban J connectivity index is 1.47. The van der Waals surface area contributed by atoms with E-state index < -0.39 is 0 Å². The zero-order chi connectivity index (χ0) is 25.5. The SMILES string of the molecule is CCCCCOc1cc(N2CCCN(Cc3cccc(N4CCN(C)CC4)c3F)C2=O)ccc1OC. The second kappa shape index (κ2) is 12.3. The number of methoxy groups -OCH3 is 1. The van der Waals surface area contributed by atoms with E-state index in [-0.39, 0.29) is 18.4 Å². The summed E-state index contributed by atoms with van der Waals surface area (Å²) in [6.45, 7) is 7.65. The molecule has 36 heavy (non-hydrogen) atoms. The van der Waals surface area contributed by atoms with Gasteiger partial charge in [-0.1, -0.05) is 31.9 Å². The van der Waals surface area contributed by atoms with Crippen molar-refractivity contribution in [1.29, 1.82) is 0 Å². The van der Waals surface area contributed by atoms with Gasteiger partial charge in [0.15, 0.2) is 17.3 Å². The van der Waals surface area contributed by atoms with E-state index in [0.29, 0.717) is 42.4 Å². The van der Waals surface area contributed by atoms with Crippen LogP contribution >= 0.6 is 0 Å². The third-order valence-electron chi connectivity index (χ3n) is 7.04. The molecule has 2 aromatic carbocycles. The summed E-state index contributed by atoms with van der Waals surface area (Å²) in [5.74, 6) is 1.07. The predicted molar refractivity (Wildman–Crippen MR) is 142 cm³/mol. The number of carbonyl (C=O) groups is 1. The molecule has 4 rings (SSSR count). The summed E-state index contributed by atoms with van der Waals surface area (Å²) in [4.78, 5) is 21.3.